The van der Waals surface area contributed by atoms with Gasteiger partial charge in [0.1, 0.15) is 4.60 Å². The highest BCUT2D eigenvalue weighted by molar-refractivity contribution is 9.10. The molecule has 70 valence electrons. The topological polar surface area (TPSA) is 38.2 Å². The number of morpholine rings is 1. The van der Waals surface area contributed by atoms with E-state index in [1.54, 1.807) is 0 Å². The van der Waals surface area contributed by atoms with Crippen molar-refractivity contribution in [3.05, 3.63) is 16.9 Å². The van der Waals surface area contributed by atoms with Crippen molar-refractivity contribution in [3.63, 3.8) is 0 Å². The van der Waals surface area contributed by atoms with Crippen LogP contribution >= 0.6 is 15.9 Å². The zero-order chi connectivity index (χ0) is 16.3. The van der Waals surface area contributed by atoms with Crippen molar-refractivity contribution in [2.75, 3.05) is 31.0 Å². The van der Waals surface area contributed by atoms with Crippen LogP contribution in [0, 0.1) is 0 Å². The molecule has 4 nitrogen and oxygen atoms in total. The Hall–Kier alpha value is -0.680. The third-order valence-corrected chi connectivity index (χ3v) is 1.67. The average molecular weight is 252 g/mol. The van der Waals surface area contributed by atoms with Crippen molar-refractivity contribution >= 4 is 21.9 Å². The van der Waals surface area contributed by atoms with Gasteiger partial charge >= 0.3 is 0 Å². The van der Waals surface area contributed by atoms with E-state index in [2.05, 4.69) is 30.6 Å². The van der Waals surface area contributed by atoms with E-state index in [4.69, 9.17) is 11.0 Å². The maximum absolute atomic E-state index is 7.82. The lowest BCUT2D eigenvalue weighted by molar-refractivity contribution is 0.122. The molecule has 0 unspecified atom stereocenters. The van der Waals surface area contributed by atoms with Crippen LogP contribution in [0.2, 0.25) is 0 Å². The van der Waals surface area contributed by atoms with E-state index in [0.717, 1.165) is 0 Å². The van der Waals surface area contributed by atoms with Gasteiger partial charge in [0.15, 0.2) is 0 Å². The van der Waals surface area contributed by atoms with E-state index in [-0.39, 0.29) is 9.50 Å². The Balaban J connectivity index is 2.67. The second-order valence-electron chi connectivity index (χ2n) is 2.04. The van der Waals surface area contributed by atoms with Crippen molar-refractivity contribution in [1.82, 2.24) is 9.97 Å². The van der Waals surface area contributed by atoms with Crippen LogP contribution in [0.1, 0.15) is 11.0 Å². The fourth-order valence-corrected chi connectivity index (χ4v) is 1.00. The molecule has 13 heavy (non-hydrogen) atoms. The van der Waals surface area contributed by atoms with Crippen molar-refractivity contribution in [2.24, 2.45) is 0 Å². The van der Waals surface area contributed by atoms with E-state index in [9.17, 15) is 0 Å². The Morgan fingerprint density at radius 1 is 1.54 bits per heavy atom. The van der Waals surface area contributed by atoms with Gasteiger partial charge in [-0.2, -0.15) is 0 Å². The van der Waals surface area contributed by atoms with Gasteiger partial charge in [-0.05, 0) is 22.0 Å². The van der Waals surface area contributed by atoms with Gasteiger partial charge in [0, 0.05) is 19.2 Å². The summed E-state index contributed by atoms with van der Waals surface area (Å²) in [5.74, 6) is -0.504. The summed E-state index contributed by atoms with van der Waals surface area (Å²) in [5.41, 5.74) is 0. The molecule has 0 bridgehead atoms. The first-order valence-electron chi connectivity index (χ1n) is 7.32. The maximum atomic E-state index is 7.82. The van der Waals surface area contributed by atoms with Crippen molar-refractivity contribution < 1.29 is 15.7 Å². The van der Waals surface area contributed by atoms with Gasteiger partial charge in [-0.25, -0.2) is 9.97 Å². The van der Waals surface area contributed by atoms with Gasteiger partial charge in [-0.1, -0.05) is 0 Å². The summed E-state index contributed by atoms with van der Waals surface area (Å²) < 4.78 is 66.1. The van der Waals surface area contributed by atoms with Crippen molar-refractivity contribution in [3.8, 4) is 0 Å². The molecule has 0 aromatic carbocycles. The smallest absolute Gasteiger partial charge is 0.226 e. The molecule has 0 radical (unpaired) electrons. The molecular formula is C8H10BrN3O. The fraction of sp³-hybridized carbons (Fsp3) is 0.500. The zero-order valence-electron chi connectivity index (χ0n) is 14.3. The predicted molar refractivity (Wildman–Crippen MR) is 52.8 cm³/mol. The quantitative estimate of drug-likeness (QED) is 0.701. The Morgan fingerprint density at radius 2 is 2.31 bits per heavy atom. The van der Waals surface area contributed by atoms with E-state index >= 15 is 0 Å². The minimum absolute atomic E-state index is 0.215. The molecule has 2 heterocycles. The highest BCUT2D eigenvalue weighted by atomic mass is 79.9. The molecule has 0 N–H and O–H groups in total. The van der Waals surface area contributed by atoms with E-state index in [1.807, 2.05) is 0 Å². The lowest BCUT2D eigenvalue weighted by atomic mass is 10.4. The molecule has 1 aliphatic rings. The van der Waals surface area contributed by atoms with Crippen LogP contribution in [0.25, 0.3) is 0 Å². The van der Waals surface area contributed by atoms with Crippen LogP contribution in [0.5, 0.6) is 0 Å². The SMILES string of the molecule is [2H]C1([2H])OC([2H])([2H])C([2H])([2H])N(c2nccc(Br)n2)C1([2H])[2H]. The number of anilines is 1. The van der Waals surface area contributed by atoms with Gasteiger partial charge in [0.2, 0.25) is 5.95 Å². The summed E-state index contributed by atoms with van der Waals surface area (Å²) in [7, 11) is 0. The number of halogens is 1. The Labute approximate surface area is 96.3 Å². The Kier molecular flexibility index (Phi) is 1.07. The van der Waals surface area contributed by atoms with Crippen LogP contribution in [0.3, 0.4) is 0 Å². The minimum Gasteiger partial charge on any atom is -0.378 e. The lowest BCUT2D eigenvalue weighted by Gasteiger charge is -2.26. The van der Waals surface area contributed by atoms with E-state index in [0.29, 0.717) is 0 Å². The van der Waals surface area contributed by atoms with Crippen LogP contribution in [0.15, 0.2) is 16.9 Å². The van der Waals surface area contributed by atoms with Gasteiger partial charge in [0.25, 0.3) is 0 Å². The summed E-state index contributed by atoms with van der Waals surface area (Å²) in [5, 5.41) is 0. The van der Waals surface area contributed by atoms with Crippen LogP contribution in [-0.4, -0.2) is 36.1 Å². The minimum atomic E-state index is -3.12. The molecule has 1 fully saturated rings. The second kappa shape index (κ2) is 4.02. The monoisotopic (exact) mass is 251 g/mol. The number of aromatic nitrogens is 2. The molecule has 1 aromatic heterocycles. The number of hydrogen-bond donors (Lipinski definition) is 0. The fourth-order valence-electron chi connectivity index (χ4n) is 0.725. The molecule has 5 heteroatoms. The summed E-state index contributed by atoms with van der Waals surface area (Å²) in [4.78, 5) is 7.70. The standard InChI is InChI=1S/C8H10BrN3O/c9-7-1-2-10-8(11-7)12-3-5-13-6-4-12/h1-2H,3-6H2/i3D2,4D2,5D2,6D2. The predicted octanol–water partition coefficient (Wildman–Crippen LogP) is 1.08. The van der Waals surface area contributed by atoms with Gasteiger partial charge in [-0.3, -0.25) is 0 Å². The van der Waals surface area contributed by atoms with Gasteiger partial charge < -0.3 is 9.64 Å². The van der Waals surface area contributed by atoms with Gasteiger partial charge in [-0.15, -0.1) is 0 Å². The summed E-state index contributed by atoms with van der Waals surface area (Å²) in [6.45, 7) is -12.3. The number of nitrogens with zero attached hydrogens (tertiary/aromatic N) is 3. The van der Waals surface area contributed by atoms with Gasteiger partial charge in [0.05, 0.1) is 24.1 Å². The first kappa shape index (κ1) is 3.47. The highest BCUT2D eigenvalue weighted by Gasteiger charge is 2.13. The number of rotatable bonds is 1. The molecule has 0 spiro atoms. The Morgan fingerprint density at radius 3 is 3.00 bits per heavy atom. The molecule has 1 saturated heterocycles. The second-order valence-corrected chi connectivity index (χ2v) is 2.86. The number of hydrogen-bond acceptors (Lipinski definition) is 4. The average Bonchev–Trinajstić information content (AvgIpc) is 2.24. The summed E-state index contributed by atoms with van der Waals surface area (Å²) in [6.07, 6.45) is 1.21. The molecule has 1 aliphatic heterocycles. The third kappa shape index (κ3) is 2.16. The number of ether oxygens (including phenoxy) is 1. The lowest BCUT2D eigenvalue weighted by Crippen LogP contribution is -2.37. The third-order valence-electron chi connectivity index (χ3n) is 1.23. The van der Waals surface area contributed by atoms with Crippen LogP contribution in [-0.2, 0) is 4.74 Å². The summed E-state index contributed by atoms with van der Waals surface area (Å²) >= 11 is 3.02. The molecule has 0 atom stereocenters. The first-order valence-corrected chi connectivity index (χ1v) is 4.11. The van der Waals surface area contributed by atoms with Crippen LogP contribution in [0.4, 0.5) is 5.95 Å². The maximum Gasteiger partial charge on any atom is 0.226 e. The normalized spacial score (nSPS) is 42.1. The zero-order valence-corrected chi connectivity index (χ0v) is 7.87. The largest absolute Gasteiger partial charge is 0.378 e. The molecule has 1 aromatic rings. The van der Waals surface area contributed by atoms with E-state index in [1.165, 1.54) is 12.3 Å². The van der Waals surface area contributed by atoms with Crippen molar-refractivity contribution in [2.45, 2.75) is 0 Å². The highest BCUT2D eigenvalue weighted by Crippen LogP contribution is 2.12. The molecule has 2 rings (SSSR count). The summed E-state index contributed by atoms with van der Waals surface area (Å²) in [6, 6.07) is 1.42. The molecular weight excluding hydrogens is 234 g/mol. The van der Waals surface area contributed by atoms with E-state index < -0.39 is 32.1 Å². The molecule has 0 saturated carbocycles. The Bertz CT molecular complexity index is 542. The van der Waals surface area contributed by atoms with Crippen molar-refractivity contribution in [1.29, 1.82) is 0 Å². The molecule has 0 aliphatic carbocycles. The molecule has 0 amide bonds. The van der Waals surface area contributed by atoms with Crippen LogP contribution < -0.4 is 4.90 Å². The first-order chi connectivity index (χ1) is 9.33.